The molecule has 32 heavy (non-hydrogen) atoms. The van der Waals surface area contributed by atoms with Crippen molar-refractivity contribution in [2.75, 3.05) is 7.11 Å². The number of amides is 1. The number of nitro benzene ring substituents is 1. The Morgan fingerprint density at radius 2 is 1.94 bits per heavy atom. The van der Waals surface area contributed by atoms with Crippen LogP contribution in [0.3, 0.4) is 0 Å². The van der Waals surface area contributed by atoms with E-state index in [1.165, 1.54) is 31.0 Å². The number of nitrogens with zero attached hydrogens (tertiary/aromatic N) is 3. The van der Waals surface area contributed by atoms with Gasteiger partial charge in [-0.05, 0) is 54.4 Å². The van der Waals surface area contributed by atoms with Crippen LogP contribution in [0.25, 0.3) is 6.08 Å². The number of aromatic hydroxyl groups is 1. The van der Waals surface area contributed by atoms with E-state index < -0.39 is 16.4 Å². The molecule has 9 heteroatoms. The van der Waals surface area contributed by atoms with E-state index in [1.807, 2.05) is 30.3 Å². The number of thioether (sulfide) groups is 1. The van der Waals surface area contributed by atoms with E-state index in [9.17, 15) is 20.0 Å². The molecule has 1 aliphatic heterocycles. The number of phenols is 1. The monoisotopic (exact) mass is 453 g/mol. The SMILES string of the molecule is COc1cc(/C=C2/SC(=Nc3ccccc3)N(C3CCCCC3)C2=O)cc([N+](=O)[O-])c1O. The zero-order chi connectivity index (χ0) is 22.7. The molecule has 4 rings (SSSR count). The fourth-order valence-corrected chi connectivity index (χ4v) is 5.04. The summed E-state index contributed by atoms with van der Waals surface area (Å²) in [6.45, 7) is 0. The normalized spacial score (nSPS) is 19.7. The van der Waals surface area contributed by atoms with Gasteiger partial charge in [0.25, 0.3) is 5.91 Å². The maximum Gasteiger partial charge on any atom is 0.315 e. The Labute approximate surface area is 189 Å². The molecular formula is C23H23N3O5S. The second-order valence-electron chi connectivity index (χ2n) is 7.66. The molecule has 8 nitrogen and oxygen atoms in total. The largest absolute Gasteiger partial charge is 0.500 e. The standard InChI is InChI=1S/C23H23N3O5S/c1-31-19-13-15(12-18(21(19)27)26(29)30)14-20-22(28)25(17-10-6-3-7-11-17)23(32-20)24-16-8-4-2-5-9-16/h2,4-5,8-9,12-14,17,27H,3,6-7,10-11H2,1H3/b20-14+,24-23?. The van der Waals surface area contributed by atoms with Gasteiger partial charge in [0.05, 0.1) is 22.6 Å². The molecule has 0 atom stereocenters. The lowest BCUT2D eigenvalue weighted by atomic mass is 9.94. The quantitative estimate of drug-likeness (QED) is 0.377. The zero-order valence-corrected chi connectivity index (χ0v) is 18.4. The van der Waals surface area contributed by atoms with Crippen LogP contribution in [-0.4, -0.2) is 39.2 Å². The number of nitro groups is 1. The third-order valence-corrected chi connectivity index (χ3v) is 6.53. The molecule has 1 aliphatic carbocycles. The Morgan fingerprint density at radius 1 is 1.22 bits per heavy atom. The summed E-state index contributed by atoms with van der Waals surface area (Å²) in [4.78, 5) is 31.0. The first-order valence-electron chi connectivity index (χ1n) is 10.4. The lowest BCUT2D eigenvalue weighted by Gasteiger charge is -2.30. The summed E-state index contributed by atoms with van der Waals surface area (Å²) in [5.74, 6) is -0.727. The van der Waals surface area contributed by atoms with Crippen molar-refractivity contribution in [2.45, 2.75) is 38.1 Å². The number of carbonyl (C=O) groups excluding carboxylic acids is 1. The molecule has 2 aromatic rings. The van der Waals surface area contributed by atoms with E-state index in [4.69, 9.17) is 9.73 Å². The van der Waals surface area contributed by atoms with Gasteiger partial charge in [0.15, 0.2) is 10.9 Å². The lowest BCUT2D eigenvalue weighted by Crippen LogP contribution is -2.40. The molecule has 1 heterocycles. The van der Waals surface area contributed by atoms with Gasteiger partial charge in [-0.25, -0.2) is 4.99 Å². The molecule has 1 saturated carbocycles. The fourth-order valence-electron chi connectivity index (χ4n) is 3.98. The number of benzene rings is 2. The molecule has 2 fully saturated rings. The lowest BCUT2D eigenvalue weighted by molar-refractivity contribution is -0.386. The van der Waals surface area contributed by atoms with Crippen LogP contribution in [0.2, 0.25) is 0 Å². The number of hydrogen-bond donors (Lipinski definition) is 1. The molecule has 0 spiro atoms. The first kappa shape index (κ1) is 21.9. The Kier molecular flexibility index (Phi) is 6.45. The van der Waals surface area contributed by atoms with Crippen LogP contribution in [0, 0.1) is 10.1 Å². The summed E-state index contributed by atoms with van der Waals surface area (Å²) in [6.07, 6.45) is 6.73. The number of phenolic OH excluding ortho intramolecular Hbond substituents is 1. The highest BCUT2D eigenvalue weighted by Crippen LogP contribution is 2.41. The van der Waals surface area contributed by atoms with Gasteiger partial charge in [0.1, 0.15) is 0 Å². The number of carbonyl (C=O) groups is 1. The Balaban J connectivity index is 1.74. The van der Waals surface area contributed by atoms with Crippen molar-refractivity contribution in [1.82, 2.24) is 4.90 Å². The van der Waals surface area contributed by atoms with Gasteiger partial charge in [0, 0.05) is 12.1 Å². The molecular weight excluding hydrogens is 430 g/mol. The van der Waals surface area contributed by atoms with Crippen molar-refractivity contribution in [1.29, 1.82) is 0 Å². The van der Waals surface area contributed by atoms with Crippen LogP contribution in [-0.2, 0) is 4.79 Å². The van der Waals surface area contributed by atoms with E-state index in [-0.39, 0.29) is 17.7 Å². The predicted molar refractivity (Wildman–Crippen MR) is 124 cm³/mol. The predicted octanol–water partition coefficient (Wildman–Crippen LogP) is 5.25. The maximum absolute atomic E-state index is 13.4. The number of methoxy groups -OCH3 is 1. The number of rotatable bonds is 5. The number of hydrogen-bond acceptors (Lipinski definition) is 7. The van der Waals surface area contributed by atoms with Gasteiger partial charge in [-0.15, -0.1) is 0 Å². The average molecular weight is 454 g/mol. The smallest absolute Gasteiger partial charge is 0.315 e. The van der Waals surface area contributed by atoms with Gasteiger partial charge >= 0.3 is 5.69 Å². The van der Waals surface area contributed by atoms with Crippen molar-refractivity contribution in [3.63, 3.8) is 0 Å². The summed E-state index contributed by atoms with van der Waals surface area (Å²) >= 11 is 1.26. The number of ether oxygens (including phenoxy) is 1. The van der Waals surface area contributed by atoms with Gasteiger partial charge in [0.2, 0.25) is 5.75 Å². The van der Waals surface area contributed by atoms with Crippen LogP contribution in [0.5, 0.6) is 11.5 Å². The van der Waals surface area contributed by atoms with Gasteiger partial charge in [-0.3, -0.25) is 19.8 Å². The molecule has 0 unspecified atom stereocenters. The molecule has 2 aromatic carbocycles. The second kappa shape index (κ2) is 9.44. The molecule has 0 radical (unpaired) electrons. The molecule has 2 aliphatic rings. The van der Waals surface area contributed by atoms with Crippen LogP contribution in [0.1, 0.15) is 37.7 Å². The van der Waals surface area contributed by atoms with Gasteiger partial charge in [-0.1, -0.05) is 37.5 Å². The third kappa shape index (κ3) is 4.47. The van der Waals surface area contributed by atoms with Crippen LogP contribution in [0.15, 0.2) is 52.4 Å². The summed E-state index contributed by atoms with van der Waals surface area (Å²) in [7, 11) is 1.32. The highest BCUT2D eigenvalue weighted by Gasteiger charge is 2.38. The summed E-state index contributed by atoms with van der Waals surface area (Å²) < 4.78 is 5.07. The molecule has 1 saturated heterocycles. The van der Waals surface area contributed by atoms with E-state index in [1.54, 1.807) is 11.0 Å². The van der Waals surface area contributed by atoms with Gasteiger partial charge < -0.3 is 9.84 Å². The van der Waals surface area contributed by atoms with Crippen molar-refractivity contribution in [3.05, 3.63) is 63.0 Å². The highest BCUT2D eigenvalue weighted by atomic mass is 32.2. The molecule has 0 bridgehead atoms. The third-order valence-electron chi connectivity index (χ3n) is 5.55. The number of aliphatic imine (C=N–C) groups is 1. The zero-order valence-electron chi connectivity index (χ0n) is 17.6. The fraction of sp³-hybridized carbons (Fsp3) is 0.304. The van der Waals surface area contributed by atoms with Crippen LogP contribution >= 0.6 is 11.8 Å². The number of para-hydroxylation sites is 1. The summed E-state index contributed by atoms with van der Waals surface area (Å²) in [5.41, 5.74) is 0.674. The second-order valence-corrected chi connectivity index (χ2v) is 8.66. The van der Waals surface area contributed by atoms with Crippen molar-refractivity contribution in [2.24, 2.45) is 4.99 Å². The highest BCUT2D eigenvalue weighted by molar-refractivity contribution is 8.18. The molecule has 1 amide bonds. The van der Waals surface area contributed by atoms with Crippen LogP contribution < -0.4 is 4.74 Å². The number of amidine groups is 1. The molecule has 1 N–H and O–H groups in total. The van der Waals surface area contributed by atoms with E-state index in [0.29, 0.717) is 15.6 Å². The van der Waals surface area contributed by atoms with Crippen molar-refractivity contribution < 1.29 is 19.6 Å². The van der Waals surface area contributed by atoms with E-state index >= 15 is 0 Å². The Hall–Kier alpha value is -3.33. The minimum Gasteiger partial charge on any atom is -0.500 e. The minimum atomic E-state index is -0.680. The van der Waals surface area contributed by atoms with E-state index in [0.717, 1.165) is 37.8 Å². The first-order valence-corrected chi connectivity index (χ1v) is 11.2. The minimum absolute atomic E-state index is 0.0243. The summed E-state index contributed by atoms with van der Waals surface area (Å²) in [5, 5.41) is 22.0. The van der Waals surface area contributed by atoms with Crippen LogP contribution in [0.4, 0.5) is 11.4 Å². The topological polar surface area (TPSA) is 105 Å². The Bertz CT molecular complexity index is 1090. The van der Waals surface area contributed by atoms with Crippen molar-refractivity contribution in [3.8, 4) is 11.5 Å². The van der Waals surface area contributed by atoms with Gasteiger partial charge in [-0.2, -0.15) is 0 Å². The average Bonchev–Trinajstić information content (AvgIpc) is 3.10. The molecule has 0 aromatic heterocycles. The maximum atomic E-state index is 13.4. The molecule has 166 valence electrons. The van der Waals surface area contributed by atoms with Crippen molar-refractivity contribution >= 4 is 40.3 Å². The van der Waals surface area contributed by atoms with E-state index in [2.05, 4.69) is 0 Å². The summed E-state index contributed by atoms with van der Waals surface area (Å²) in [6, 6.07) is 12.2. The Morgan fingerprint density at radius 3 is 2.59 bits per heavy atom. The first-order chi connectivity index (χ1) is 15.5.